The monoisotopic (exact) mass is 615 g/mol. The average Bonchev–Trinajstić information content (AvgIpc) is 3.34. The van der Waals surface area contributed by atoms with Crippen LogP contribution in [0.25, 0.3) is 11.8 Å². The highest BCUT2D eigenvalue weighted by molar-refractivity contribution is 7.07. The number of nitriles is 1. The van der Waals surface area contributed by atoms with Crippen molar-refractivity contribution in [3.63, 3.8) is 0 Å². The molecule has 0 N–H and O–H groups in total. The summed E-state index contributed by atoms with van der Waals surface area (Å²) < 4.78 is 23.9. The Morgan fingerprint density at radius 3 is 2.51 bits per heavy atom. The minimum Gasteiger partial charge on any atom is -0.493 e. The molecule has 0 fully saturated rings. The fourth-order valence-electron chi connectivity index (χ4n) is 4.79. The molecule has 1 aliphatic heterocycles. The number of thiazole rings is 1. The Morgan fingerprint density at radius 1 is 1.07 bits per heavy atom. The number of ether oxygens (including phenoxy) is 4. The third-order valence-electron chi connectivity index (χ3n) is 6.65. The number of fused-ring (bicyclic) bond motifs is 1. The first-order valence-corrected chi connectivity index (χ1v) is 14.4. The quantitative estimate of drug-likeness (QED) is 0.255. The highest BCUT2D eigenvalue weighted by atomic mass is 35.5. The van der Waals surface area contributed by atoms with Crippen LogP contribution in [0.1, 0.15) is 29.7 Å². The molecular weight excluding hydrogens is 590 g/mol. The van der Waals surface area contributed by atoms with Gasteiger partial charge >= 0.3 is 5.97 Å². The van der Waals surface area contributed by atoms with E-state index in [-0.39, 0.29) is 24.3 Å². The number of benzene rings is 3. The predicted molar refractivity (Wildman–Crippen MR) is 163 cm³/mol. The molecule has 0 aliphatic carbocycles. The Labute approximate surface area is 256 Å². The SMILES string of the molecule is CCOC(=O)C1=C(c2ccccc2)N=c2s/c(=C\c3cc(Cl)ccc3OCC#N)c(=O)n2[C@@H]1c1ccc(OC)c(OC)c1. The number of esters is 1. The zero-order chi connectivity index (χ0) is 30.5. The number of aromatic nitrogens is 1. The van der Waals surface area contributed by atoms with Crippen LogP contribution in [-0.4, -0.2) is 38.0 Å². The minimum absolute atomic E-state index is 0.133. The molecule has 0 bridgehead atoms. The second kappa shape index (κ2) is 13.0. The van der Waals surface area contributed by atoms with Gasteiger partial charge in [-0.05, 0) is 48.9 Å². The summed E-state index contributed by atoms with van der Waals surface area (Å²) in [7, 11) is 3.05. The van der Waals surface area contributed by atoms with E-state index in [2.05, 4.69) is 0 Å². The predicted octanol–water partition coefficient (Wildman–Crippen LogP) is 4.51. The second-order valence-corrected chi connectivity index (χ2v) is 10.6. The first-order valence-electron chi connectivity index (χ1n) is 13.2. The van der Waals surface area contributed by atoms with E-state index in [1.807, 2.05) is 36.4 Å². The topological polar surface area (TPSA) is 112 Å². The van der Waals surface area contributed by atoms with E-state index >= 15 is 0 Å². The molecule has 0 spiro atoms. The van der Waals surface area contributed by atoms with Gasteiger partial charge in [0.25, 0.3) is 5.56 Å². The van der Waals surface area contributed by atoms with Crippen LogP contribution in [0.5, 0.6) is 17.2 Å². The molecule has 4 aromatic rings. The molecule has 0 unspecified atom stereocenters. The third-order valence-corrected chi connectivity index (χ3v) is 7.87. The average molecular weight is 616 g/mol. The Hall–Kier alpha value is -4.85. The molecule has 0 amide bonds. The van der Waals surface area contributed by atoms with Gasteiger partial charge in [-0.15, -0.1) is 0 Å². The fourth-order valence-corrected chi connectivity index (χ4v) is 5.97. The van der Waals surface area contributed by atoms with Crippen LogP contribution in [0.3, 0.4) is 0 Å². The fraction of sp³-hybridized carbons (Fsp3) is 0.188. The number of hydrogen-bond donors (Lipinski definition) is 0. The molecule has 1 atom stereocenters. The summed E-state index contributed by atoms with van der Waals surface area (Å²) in [4.78, 5) is 33.1. The van der Waals surface area contributed by atoms with Crippen LogP contribution >= 0.6 is 22.9 Å². The van der Waals surface area contributed by atoms with E-state index in [1.54, 1.807) is 49.4 Å². The van der Waals surface area contributed by atoms with Crippen LogP contribution in [0, 0.1) is 11.3 Å². The van der Waals surface area contributed by atoms with Crippen LogP contribution in [0.4, 0.5) is 0 Å². The maximum Gasteiger partial charge on any atom is 0.338 e. The number of carbonyl (C=O) groups excluding carboxylic acids is 1. The molecule has 11 heteroatoms. The van der Waals surface area contributed by atoms with Crippen molar-refractivity contribution in [3.05, 3.63) is 114 Å². The lowest BCUT2D eigenvalue weighted by molar-refractivity contribution is -0.138. The molecular formula is C32H26ClN3O6S. The van der Waals surface area contributed by atoms with Crippen molar-refractivity contribution >= 4 is 40.7 Å². The van der Waals surface area contributed by atoms with E-state index in [0.717, 1.165) is 11.3 Å². The normalized spacial score (nSPS) is 14.4. The minimum atomic E-state index is -0.902. The number of nitrogens with zero attached hydrogens (tertiary/aromatic N) is 3. The maximum atomic E-state index is 14.2. The number of hydrogen-bond acceptors (Lipinski definition) is 9. The van der Waals surface area contributed by atoms with Gasteiger partial charge in [0.05, 0.1) is 42.7 Å². The van der Waals surface area contributed by atoms with Gasteiger partial charge < -0.3 is 18.9 Å². The van der Waals surface area contributed by atoms with E-state index in [9.17, 15) is 9.59 Å². The van der Waals surface area contributed by atoms with E-state index in [1.165, 1.54) is 18.8 Å². The molecule has 9 nitrogen and oxygen atoms in total. The van der Waals surface area contributed by atoms with Gasteiger partial charge in [0.15, 0.2) is 22.9 Å². The van der Waals surface area contributed by atoms with Gasteiger partial charge in [-0.1, -0.05) is 59.3 Å². The summed E-state index contributed by atoms with van der Waals surface area (Å²) >= 11 is 7.42. The van der Waals surface area contributed by atoms with Gasteiger partial charge in [0.1, 0.15) is 11.8 Å². The first kappa shape index (κ1) is 29.6. The Balaban J connectivity index is 1.83. The van der Waals surface area contributed by atoms with Crippen molar-refractivity contribution in [1.82, 2.24) is 4.57 Å². The molecule has 3 aromatic carbocycles. The molecule has 1 aromatic heterocycles. The van der Waals surface area contributed by atoms with Crippen LogP contribution in [0.2, 0.25) is 5.02 Å². The number of halogens is 1. The molecule has 43 heavy (non-hydrogen) atoms. The van der Waals surface area contributed by atoms with Crippen molar-refractivity contribution in [3.8, 4) is 23.3 Å². The molecule has 0 saturated carbocycles. The van der Waals surface area contributed by atoms with E-state index in [4.69, 9.17) is 40.8 Å². The van der Waals surface area contributed by atoms with Gasteiger partial charge in [-0.2, -0.15) is 5.26 Å². The summed E-state index contributed by atoms with van der Waals surface area (Å²) in [6, 6.07) is 20.5. The lowest BCUT2D eigenvalue weighted by atomic mass is 9.93. The molecule has 5 rings (SSSR count). The highest BCUT2D eigenvalue weighted by Gasteiger charge is 2.35. The van der Waals surface area contributed by atoms with Crippen molar-refractivity contribution in [1.29, 1.82) is 5.26 Å². The zero-order valence-corrected chi connectivity index (χ0v) is 25.1. The molecule has 0 radical (unpaired) electrons. The van der Waals surface area contributed by atoms with Crippen molar-refractivity contribution in [2.24, 2.45) is 4.99 Å². The summed E-state index contributed by atoms with van der Waals surface area (Å²) in [5, 5.41) is 9.45. The van der Waals surface area contributed by atoms with Crippen LogP contribution in [0.15, 0.2) is 82.1 Å². The maximum absolute atomic E-state index is 14.2. The number of rotatable bonds is 9. The smallest absolute Gasteiger partial charge is 0.338 e. The lowest BCUT2D eigenvalue weighted by Gasteiger charge is -2.26. The number of carbonyl (C=O) groups is 1. The van der Waals surface area contributed by atoms with E-state index < -0.39 is 12.0 Å². The molecule has 218 valence electrons. The molecule has 1 aliphatic rings. The highest BCUT2D eigenvalue weighted by Crippen LogP contribution is 2.38. The third kappa shape index (κ3) is 5.91. The van der Waals surface area contributed by atoms with Crippen molar-refractivity contribution in [2.45, 2.75) is 13.0 Å². The summed E-state index contributed by atoms with van der Waals surface area (Å²) in [6.07, 6.45) is 1.64. The summed E-state index contributed by atoms with van der Waals surface area (Å²) in [5.74, 6) is 0.725. The second-order valence-electron chi connectivity index (χ2n) is 9.17. The molecule has 0 saturated heterocycles. The summed E-state index contributed by atoms with van der Waals surface area (Å²) in [6.45, 7) is 1.68. The largest absolute Gasteiger partial charge is 0.493 e. The van der Waals surface area contributed by atoms with Crippen LogP contribution in [-0.2, 0) is 9.53 Å². The van der Waals surface area contributed by atoms with E-state index in [0.29, 0.717) is 54.0 Å². The van der Waals surface area contributed by atoms with Gasteiger partial charge in [0, 0.05) is 16.1 Å². The number of methoxy groups -OCH3 is 2. The van der Waals surface area contributed by atoms with Gasteiger partial charge in [-0.25, -0.2) is 9.79 Å². The Morgan fingerprint density at radius 2 is 1.81 bits per heavy atom. The standard InChI is InChI=1S/C32H26ClN3O6S/c1-4-41-31(38)27-28(19-8-6-5-7-9-19)35-32-36(29(27)20-10-12-24(39-2)25(17-20)40-3)30(37)26(43-32)18-21-16-22(33)11-13-23(21)42-15-14-34/h5-13,16-18,29H,4,15H2,1-3H3/b26-18-/t29-/m1/s1. The lowest BCUT2D eigenvalue weighted by Crippen LogP contribution is -2.40. The van der Waals surface area contributed by atoms with Crippen molar-refractivity contribution in [2.75, 3.05) is 27.4 Å². The molecule has 2 heterocycles. The van der Waals surface area contributed by atoms with Gasteiger partial charge in [0.2, 0.25) is 0 Å². The van der Waals surface area contributed by atoms with Crippen molar-refractivity contribution < 1.29 is 23.7 Å². The Bertz CT molecular complexity index is 1940. The van der Waals surface area contributed by atoms with Crippen LogP contribution < -0.4 is 29.1 Å². The first-order chi connectivity index (χ1) is 20.9. The van der Waals surface area contributed by atoms with Gasteiger partial charge in [-0.3, -0.25) is 9.36 Å². The Kier molecular flexibility index (Phi) is 8.95. The zero-order valence-electron chi connectivity index (χ0n) is 23.5. The summed E-state index contributed by atoms with van der Waals surface area (Å²) in [5.41, 5.74) is 2.02.